The average Bonchev–Trinajstić information content (AvgIpc) is 3.13. The van der Waals surface area contributed by atoms with Gasteiger partial charge in [-0.25, -0.2) is 9.37 Å². The maximum absolute atomic E-state index is 14.3. The van der Waals surface area contributed by atoms with Gasteiger partial charge < -0.3 is 14.9 Å². The summed E-state index contributed by atoms with van der Waals surface area (Å²) in [6.45, 7) is 3.28. The van der Waals surface area contributed by atoms with Gasteiger partial charge in [0.1, 0.15) is 28.1 Å². The van der Waals surface area contributed by atoms with Crippen molar-refractivity contribution in [1.29, 1.82) is 0 Å². The number of pyridine rings is 1. The number of amides is 1. The number of rotatable bonds is 5. The molecule has 0 unspecified atom stereocenters. The van der Waals surface area contributed by atoms with E-state index in [0.29, 0.717) is 43.3 Å². The van der Waals surface area contributed by atoms with Crippen LogP contribution in [0.15, 0.2) is 52.3 Å². The number of nitrogens with zero attached hydrogens (tertiary/aromatic N) is 5. The Bertz CT molecular complexity index is 1530. The molecule has 1 N–H and O–H groups in total. The van der Waals surface area contributed by atoms with Crippen LogP contribution in [0.3, 0.4) is 0 Å². The summed E-state index contributed by atoms with van der Waals surface area (Å²) in [5.41, 5.74) is 1.69. The number of benzene rings is 1. The molecule has 12 heteroatoms. The summed E-state index contributed by atoms with van der Waals surface area (Å²) >= 11 is 6.15. The molecule has 4 heterocycles. The van der Waals surface area contributed by atoms with Gasteiger partial charge >= 0.3 is 5.97 Å². The molecule has 0 radical (unpaired) electrons. The van der Waals surface area contributed by atoms with Crippen LogP contribution in [0, 0.1) is 12.7 Å². The number of carboxylic acids is 1. The number of halogens is 1. The molecule has 37 heavy (non-hydrogen) atoms. The number of hydrogen-bond donors (Lipinski definition) is 1. The van der Waals surface area contributed by atoms with Gasteiger partial charge in [-0.05, 0) is 36.8 Å². The average molecular weight is 540 g/mol. The van der Waals surface area contributed by atoms with Crippen LogP contribution in [-0.4, -0.2) is 68.3 Å². The van der Waals surface area contributed by atoms with Crippen molar-refractivity contribution in [2.75, 3.05) is 42.5 Å². The summed E-state index contributed by atoms with van der Waals surface area (Å²) in [4.78, 5) is 47.5. The molecule has 0 atom stereocenters. The van der Waals surface area contributed by atoms with Crippen LogP contribution >= 0.6 is 24.0 Å². The highest BCUT2D eigenvalue weighted by atomic mass is 32.2. The lowest BCUT2D eigenvalue weighted by Gasteiger charge is -2.37. The van der Waals surface area contributed by atoms with Crippen LogP contribution in [0.1, 0.15) is 11.1 Å². The van der Waals surface area contributed by atoms with E-state index in [0.717, 1.165) is 22.2 Å². The molecule has 1 amide bonds. The first-order valence-corrected chi connectivity index (χ1v) is 12.7. The summed E-state index contributed by atoms with van der Waals surface area (Å²) in [6, 6.07) is 10.2. The molecule has 2 aromatic heterocycles. The highest BCUT2D eigenvalue weighted by Gasteiger charge is 2.34. The number of fused-ring (bicyclic) bond motifs is 1. The number of aliphatic carboxylic acids is 1. The Hall–Kier alpha value is -3.77. The third kappa shape index (κ3) is 4.81. The molecule has 9 nitrogen and oxygen atoms in total. The third-order valence-electron chi connectivity index (χ3n) is 6.20. The van der Waals surface area contributed by atoms with E-state index >= 15 is 0 Å². The smallest absolute Gasteiger partial charge is 0.323 e. The minimum Gasteiger partial charge on any atom is -0.480 e. The Labute approximate surface area is 220 Å². The van der Waals surface area contributed by atoms with Crippen LogP contribution < -0.4 is 15.4 Å². The molecule has 0 aliphatic carbocycles. The van der Waals surface area contributed by atoms with Crippen molar-refractivity contribution in [2.24, 2.45) is 0 Å². The van der Waals surface area contributed by atoms with Crippen molar-refractivity contribution in [3.63, 3.8) is 0 Å². The van der Waals surface area contributed by atoms with E-state index in [2.05, 4.69) is 0 Å². The number of anilines is 2. The fraction of sp³-hybridized carbons (Fsp3) is 0.240. The normalized spacial score (nSPS) is 17.4. The van der Waals surface area contributed by atoms with Crippen LogP contribution in [0.4, 0.5) is 15.9 Å². The molecule has 0 spiro atoms. The summed E-state index contributed by atoms with van der Waals surface area (Å²) in [5, 5.41) is 9.13. The van der Waals surface area contributed by atoms with E-state index in [1.165, 1.54) is 16.5 Å². The van der Waals surface area contributed by atoms with Gasteiger partial charge in [0.05, 0.1) is 16.2 Å². The second-order valence-corrected chi connectivity index (χ2v) is 10.4. The predicted octanol–water partition coefficient (Wildman–Crippen LogP) is 2.75. The molecular formula is C25H22FN5O4S2. The van der Waals surface area contributed by atoms with Gasteiger partial charge in [0.25, 0.3) is 11.5 Å². The van der Waals surface area contributed by atoms with Crippen molar-refractivity contribution in [1.82, 2.24) is 14.3 Å². The molecule has 190 valence electrons. The van der Waals surface area contributed by atoms with Crippen molar-refractivity contribution in [3.8, 4) is 0 Å². The van der Waals surface area contributed by atoms with E-state index in [1.54, 1.807) is 30.5 Å². The number of piperazine rings is 1. The quantitative estimate of drug-likeness (QED) is 0.388. The first kappa shape index (κ1) is 24.9. The van der Waals surface area contributed by atoms with E-state index in [-0.39, 0.29) is 26.2 Å². The van der Waals surface area contributed by atoms with Crippen LogP contribution in [0.25, 0.3) is 11.7 Å². The fourth-order valence-electron chi connectivity index (χ4n) is 4.38. The molecule has 1 aromatic carbocycles. The fourth-order valence-corrected chi connectivity index (χ4v) is 5.62. The number of carbonyl (C=O) groups excluding carboxylic acids is 1. The summed E-state index contributed by atoms with van der Waals surface area (Å²) in [7, 11) is 0. The zero-order chi connectivity index (χ0) is 26.3. The van der Waals surface area contributed by atoms with Gasteiger partial charge in [-0.1, -0.05) is 42.2 Å². The Morgan fingerprint density at radius 1 is 1.14 bits per heavy atom. The lowest BCUT2D eigenvalue weighted by molar-refractivity contribution is -0.140. The van der Waals surface area contributed by atoms with Gasteiger partial charge in [-0.15, -0.1) is 0 Å². The van der Waals surface area contributed by atoms with Crippen molar-refractivity contribution < 1.29 is 19.1 Å². The Balaban J connectivity index is 1.54. The molecular weight excluding hydrogens is 517 g/mol. The van der Waals surface area contributed by atoms with Crippen molar-refractivity contribution in [2.45, 2.75) is 6.92 Å². The zero-order valence-electron chi connectivity index (χ0n) is 19.8. The minimum atomic E-state index is -1.19. The highest BCUT2D eigenvalue weighted by Crippen LogP contribution is 2.33. The summed E-state index contributed by atoms with van der Waals surface area (Å²) in [5.74, 6) is -1.64. The highest BCUT2D eigenvalue weighted by molar-refractivity contribution is 8.26. The van der Waals surface area contributed by atoms with Gasteiger partial charge in [0.2, 0.25) is 0 Å². The van der Waals surface area contributed by atoms with Gasteiger partial charge in [-0.3, -0.25) is 23.7 Å². The molecule has 0 saturated carbocycles. The Morgan fingerprint density at radius 3 is 2.54 bits per heavy atom. The molecule has 2 fully saturated rings. The summed E-state index contributed by atoms with van der Waals surface area (Å²) in [6.07, 6.45) is 3.13. The lowest BCUT2D eigenvalue weighted by Crippen LogP contribution is -2.47. The molecule has 2 aliphatic rings. The third-order valence-corrected chi connectivity index (χ3v) is 7.58. The van der Waals surface area contributed by atoms with Gasteiger partial charge in [0, 0.05) is 32.4 Å². The van der Waals surface area contributed by atoms with Crippen LogP contribution in [-0.2, 0) is 9.59 Å². The number of aryl methyl sites for hydroxylation is 1. The lowest BCUT2D eigenvalue weighted by atomic mass is 10.2. The number of carbonyl (C=O) groups is 2. The molecule has 2 saturated heterocycles. The first-order valence-electron chi connectivity index (χ1n) is 11.5. The number of aromatic nitrogens is 2. The molecule has 5 rings (SSSR count). The number of thiocarbonyl (C=S) groups is 1. The Morgan fingerprint density at radius 2 is 1.84 bits per heavy atom. The van der Waals surface area contributed by atoms with Crippen LogP contribution in [0.5, 0.6) is 0 Å². The van der Waals surface area contributed by atoms with E-state index in [1.807, 2.05) is 22.8 Å². The van der Waals surface area contributed by atoms with E-state index in [4.69, 9.17) is 22.3 Å². The number of carboxylic acid groups (broad SMARTS) is 1. The standard InChI is InChI=1S/C25H22FN5O4S2/c1-15-6-7-20-27-22(29-10-8-28(9-11-29)18-5-3-2-4-17(18)26)16(23(34)30(20)13-15)12-19-24(35)31(14-21(32)33)25(36)37-19/h2-7,12-13H,8-11,14H2,1H3,(H,32,33)/b19-12+. The van der Waals surface area contributed by atoms with E-state index < -0.39 is 18.4 Å². The topological polar surface area (TPSA) is 98.5 Å². The maximum Gasteiger partial charge on any atom is 0.323 e. The predicted molar refractivity (Wildman–Crippen MR) is 145 cm³/mol. The molecule has 2 aliphatic heterocycles. The number of thioether (sulfide) groups is 1. The molecule has 0 bridgehead atoms. The summed E-state index contributed by atoms with van der Waals surface area (Å²) < 4.78 is 15.9. The Kier molecular flexibility index (Phi) is 6.69. The van der Waals surface area contributed by atoms with Crippen LogP contribution in [0.2, 0.25) is 0 Å². The monoisotopic (exact) mass is 539 g/mol. The number of para-hydroxylation sites is 1. The van der Waals surface area contributed by atoms with Gasteiger partial charge in [0.15, 0.2) is 0 Å². The number of hydrogen-bond acceptors (Lipinski definition) is 8. The maximum atomic E-state index is 14.3. The first-order chi connectivity index (χ1) is 17.7. The van der Waals surface area contributed by atoms with Crippen molar-refractivity contribution >= 4 is 63.4 Å². The van der Waals surface area contributed by atoms with E-state index in [9.17, 15) is 18.8 Å². The largest absolute Gasteiger partial charge is 0.480 e. The second-order valence-electron chi connectivity index (χ2n) is 8.68. The van der Waals surface area contributed by atoms with Gasteiger partial charge in [-0.2, -0.15) is 0 Å². The molecule has 3 aromatic rings. The van der Waals surface area contributed by atoms with Crippen molar-refractivity contribution in [3.05, 3.63) is 74.8 Å². The second kappa shape index (κ2) is 9.94. The SMILES string of the molecule is Cc1ccc2nc(N3CCN(c4ccccc4F)CC3)c(/C=C3/SC(=S)N(CC(=O)O)C3=O)c(=O)n2c1. The minimum absolute atomic E-state index is 0.114. The zero-order valence-corrected chi connectivity index (χ0v) is 21.4.